The molecule has 18 heavy (non-hydrogen) atoms. The molecular weight excluding hydrogens is 275 g/mol. The first kappa shape index (κ1) is 12.9. The molecule has 1 aromatic carbocycles. The van der Waals surface area contributed by atoms with Gasteiger partial charge in [0.2, 0.25) is 16.5 Å². The van der Waals surface area contributed by atoms with E-state index in [-0.39, 0.29) is 23.0 Å². The van der Waals surface area contributed by atoms with Crippen molar-refractivity contribution in [2.75, 3.05) is 5.32 Å². The lowest BCUT2D eigenvalue weighted by Gasteiger charge is -2.07. The number of carbonyl (C=O) groups is 1. The number of rotatable bonds is 3. The van der Waals surface area contributed by atoms with Gasteiger partial charge in [0.05, 0.1) is 0 Å². The fourth-order valence-electron chi connectivity index (χ4n) is 1.44. The molecule has 0 saturated carbocycles. The Bertz CT molecular complexity index is 582. The Kier molecular flexibility index (Phi) is 3.84. The van der Waals surface area contributed by atoms with Crippen molar-refractivity contribution < 1.29 is 4.79 Å². The van der Waals surface area contributed by atoms with Gasteiger partial charge < -0.3 is 5.32 Å². The molecule has 0 atom stereocenters. The number of amides is 1. The number of para-hydroxylation sites is 1. The number of aromatic nitrogens is 3. The molecule has 1 heterocycles. The fraction of sp³-hybridized carbons (Fsp3) is 0.182. The number of halogens is 2. The van der Waals surface area contributed by atoms with E-state index in [9.17, 15) is 4.79 Å². The minimum Gasteiger partial charge on any atom is -0.324 e. The number of hydrogen-bond donors (Lipinski definition) is 1. The highest BCUT2D eigenvalue weighted by atomic mass is 35.5. The normalized spacial score (nSPS) is 10.4. The molecule has 5 nitrogen and oxygen atoms in total. The predicted molar refractivity (Wildman–Crippen MR) is 69.9 cm³/mol. The zero-order chi connectivity index (χ0) is 13.1. The van der Waals surface area contributed by atoms with Gasteiger partial charge >= 0.3 is 0 Å². The van der Waals surface area contributed by atoms with Gasteiger partial charge in [0.1, 0.15) is 6.54 Å². The van der Waals surface area contributed by atoms with Crippen molar-refractivity contribution in [3.63, 3.8) is 0 Å². The smallest absolute Gasteiger partial charge is 0.246 e. The number of carbonyl (C=O) groups excluding carboxylic acids is 1. The van der Waals surface area contributed by atoms with Gasteiger partial charge in [0.25, 0.3) is 0 Å². The van der Waals surface area contributed by atoms with Crippen molar-refractivity contribution >= 4 is 34.8 Å². The van der Waals surface area contributed by atoms with Crippen LogP contribution >= 0.6 is 23.2 Å². The van der Waals surface area contributed by atoms with E-state index in [0.717, 1.165) is 11.3 Å². The van der Waals surface area contributed by atoms with Crippen LogP contribution in [0.25, 0.3) is 0 Å². The lowest BCUT2D eigenvalue weighted by molar-refractivity contribution is -0.116. The molecule has 1 N–H and O–H groups in total. The quantitative estimate of drug-likeness (QED) is 0.942. The van der Waals surface area contributed by atoms with Crippen LogP contribution in [0, 0.1) is 6.92 Å². The van der Waals surface area contributed by atoms with Crippen LogP contribution in [0.4, 0.5) is 5.69 Å². The maximum absolute atomic E-state index is 11.8. The van der Waals surface area contributed by atoms with E-state index in [0.29, 0.717) is 0 Å². The van der Waals surface area contributed by atoms with Crippen LogP contribution in [0.3, 0.4) is 0 Å². The molecule has 0 unspecified atom stereocenters. The SMILES string of the molecule is Cc1ccccc1NC(=O)Cn1nc(Cl)nc1Cl. The average Bonchev–Trinajstić information content (AvgIpc) is 2.61. The number of hydrogen-bond acceptors (Lipinski definition) is 3. The third-order valence-electron chi connectivity index (χ3n) is 2.31. The first-order valence-electron chi connectivity index (χ1n) is 5.17. The number of nitrogens with one attached hydrogen (secondary N) is 1. The topological polar surface area (TPSA) is 59.8 Å². The molecule has 7 heteroatoms. The van der Waals surface area contributed by atoms with Crippen LogP contribution in [0.2, 0.25) is 10.6 Å². The number of anilines is 1. The van der Waals surface area contributed by atoms with Crippen LogP contribution in [0.15, 0.2) is 24.3 Å². The molecule has 2 aromatic rings. The summed E-state index contributed by atoms with van der Waals surface area (Å²) in [6, 6.07) is 7.49. The highest BCUT2D eigenvalue weighted by molar-refractivity contribution is 6.31. The monoisotopic (exact) mass is 284 g/mol. The second-order valence-corrected chi connectivity index (χ2v) is 4.35. The van der Waals surface area contributed by atoms with Crippen molar-refractivity contribution in [1.29, 1.82) is 0 Å². The van der Waals surface area contributed by atoms with Gasteiger partial charge in [-0.25, -0.2) is 4.68 Å². The van der Waals surface area contributed by atoms with Crippen LogP contribution < -0.4 is 5.32 Å². The summed E-state index contributed by atoms with van der Waals surface area (Å²) in [4.78, 5) is 15.5. The molecule has 0 aliphatic heterocycles. The second-order valence-electron chi connectivity index (χ2n) is 3.67. The maximum Gasteiger partial charge on any atom is 0.246 e. The van der Waals surface area contributed by atoms with E-state index in [1.165, 1.54) is 4.68 Å². The summed E-state index contributed by atoms with van der Waals surface area (Å²) in [6.45, 7) is 1.88. The van der Waals surface area contributed by atoms with E-state index in [1.54, 1.807) is 0 Å². The standard InChI is InChI=1S/C11H10Cl2N4O/c1-7-4-2-3-5-8(7)14-9(18)6-17-11(13)15-10(12)16-17/h2-5H,6H2,1H3,(H,14,18). The average molecular weight is 285 g/mol. The first-order valence-corrected chi connectivity index (χ1v) is 5.93. The van der Waals surface area contributed by atoms with Crippen molar-refractivity contribution in [2.24, 2.45) is 0 Å². The largest absolute Gasteiger partial charge is 0.324 e. The Balaban J connectivity index is 2.06. The summed E-state index contributed by atoms with van der Waals surface area (Å²) in [6.07, 6.45) is 0. The van der Waals surface area contributed by atoms with E-state index in [1.807, 2.05) is 31.2 Å². The van der Waals surface area contributed by atoms with Gasteiger partial charge in [0, 0.05) is 5.69 Å². The fourth-order valence-corrected chi connectivity index (χ4v) is 1.83. The molecular formula is C11H10Cl2N4O. The van der Waals surface area contributed by atoms with Gasteiger partial charge in [-0.3, -0.25) is 4.79 Å². The molecule has 0 bridgehead atoms. The molecule has 0 aliphatic rings. The van der Waals surface area contributed by atoms with Gasteiger partial charge in [0.15, 0.2) is 0 Å². The van der Waals surface area contributed by atoms with Crippen molar-refractivity contribution in [3.05, 3.63) is 40.4 Å². The Morgan fingerprint density at radius 2 is 2.11 bits per heavy atom. The predicted octanol–water partition coefficient (Wildman–Crippen LogP) is 2.53. The van der Waals surface area contributed by atoms with Crippen molar-refractivity contribution in [2.45, 2.75) is 13.5 Å². The van der Waals surface area contributed by atoms with Crippen LogP contribution in [0.5, 0.6) is 0 Å². The summed E-state index contributed by atoms with van der Waals surface area (Å²) in [5, 5.41) is 6.66. The van der Waals surface area contributed by atoms with E-state index < -0.39 is 0 Å². The van der Waals surface area contributed by atoms with E-state index >= 15 is 0 Å². The van der Waals surface area contributed by atoms with Gasteiger partial charge in [-0.05, 0) is 41.8 Å². The van der Waals surface area contributed by atoms with Gasteiger partial charge in [-0.2, -0.15) is 4.98 Å². The Morgan fingerprint density at radius 1 is 1.39 bits per heavy atom. The first-order chi connectivity index (χ1) is 8.56. The Morgan fingerprint density at radius 3 is 2.72 bits per heavy atom. The molecule has 0 saturated heterocycles. The summed E-state index contributed by atoms with van der Waals surface area (Å²) < 4.78 is 1.23. The third-order valence-corrected chi connectivity index (χ3v) is 2.75. The van der Waals surface area contributed by atoms with Crippen molar-refractivity contribution in [3.8, 4) is 0 Å². The van der Waals surface area contributed by atoms with E-state index in [4.69, 9.17) is 23.2 Å². The molecule has 2 rings (SSSR count). The summed E-state index contributed by atoms with van der Waals surface area (Å²) in [5.74, 6) is -0.243. The maximum atomic E-state index is 11.8. The van der Waals surface area contributed by atoms with Crippen LogP contribution in [-0.4, -0.2) is 20.7 Å². The highest BCUT2D eigenvalue weighted by Gasteiger charge is 2.11. The third kappa shape index (κ3) is 3.00. The molecule has 0 spiro atoms. The zero-order valence-electron chi connectivity index (χ0n) is 9.52. The molecule has 1 aromatic heterocycles. The zero-order valence-corrected chi connectivity index (χ0v) is 11.0. The van der Waals surface area contributed by atoms with Gasteiger partial charge in [-0.1, -0.05) is 18.2 Å². The lowest BCUT2D eigenvalue weighted by Crippen LogP contribution is -2.20. The molecule has 94 valence electrons. The van der Waals surface area contributed by atoms with Crippen LogP contribution in [-0.2, 0) is 11.3 Å². The molecule has 0 radical (unpaired) electrons. The summed E-state index contributed by atoms with van der Waals surface area (Å²) in [7, 11) is 0. The van der Waals surface area contributed by atoms with E-state index in [2.05, 4.69) is 15.4 Å². The summed E-state index contributed by atoms with van der Waals surface area (Å²) in [5.41, 5.74) is 1.73. The number of aryl methyl sites for hydroxylation is 1. The van der Waals surface area contributed by atoms with Crippen LogP contribution in [0.1, 0.15) is 5.56 Å². The molecule has 0 fully saturated rings. The molecule has 1 amide bonds. The van der Waals surface area contributed by atoms with Crippen molar-refractivity contribution in [1.82, 2.24) is 14.8 Å². The minimum atomic E-state index is -0.243. The Labute approximate surface area is 114 Å². The van der Waals surface area contributed by atoms with Gasteiger partial charge in [-0.15, -0.1) is 5.10 Å². The second kappa shape index (κ2) is 5.37. The lowest BCUT2D eigenvalue weighted by atomic mass is 10.2. The molecule has 0 aliphatic carbocycles. The summed E-state index contributed by atoms with van der Waals surface area (Å²) >= 11 is 11.3. The number of benzene rings is 1. The Hall–Kier alpha value is -1.59. The highest BCUT2D eigenvalue weighted by Crippen LogP contribution is 2.14. The minimum absolute atomic E-state index is 0.0173. The number of nitrogens with zero attached hydrogens (tertiary/aromatic N) is 3.